The molecule has 0 aromatic carbocycles. The second-order valence-electron chi connectivity index (χ2n) is 6.10. The van der Waals surface area contributed by atoms with Gasteiger partial charge in [-0.3, -0.25) is 4.74 Å². The highest BCUT2D eigenvalue weighted by Gasteiger charge is 2.61. The average Bonchev–Trinajstić information content (AvgIpc) is 2.93. The van der Waals surface area contributed by atoms with E-state index in [4.69, 9.17) is 28.8 Å². The van der Waals surface area contributed by atoms with Gasteiger partial charge in [0.1, 0.15) is 42.7 Å². The Morgan fingerprint density at radius 2 is 1.65 bits per heavy atom. The van der Waals surface area contributed by atoms with Gasteiger partial charge in [-0.05, 0) is 0 Å². The molecule has 0 amide bonds. The van der Waals surface area contributed by atoms with Crippen molar-refractivity contribution in [3.63, 3.8) is 0 Å². The summed E-state index contributed by atoms with van der Waals surface area (Å²) in [6.07, 6.45) is -13.6. The van der Waals surface area contributed by atoms with E-state index in [1.807, 2.05) is 0 Å². The van der Waals surface area contributed by atoms with Crippen molar-refractivity contribution in [1.82, 2.24) is 0 Å². The largest absolute Gasteiger partial charge is 0.394 e. The van der Waals surface area contributed by atoms with Crippen molar-refractivity contribution < 1.29 is 59.4 Å². The standard InChI is InChI=1S/C14H26O12/c1-22-12-10(21)11(5(17)3-15)25-14(12,23-2)26-13-9(20)8(19)7(18)6(4-16)24-13/h5-13,15-21H,3-4H2,1-2H3/t5-,6-,7+,8+,9+,10+,11+,12+,13-,14+/m1/s1. The SMILES string of the molecule is CO[C@H]1[C@@H](O)[C@H]([C@H](O)CO)O[C@]1(OC)O[C@H]1O[C@H](CO)[C@H](O)[C@H](O)[C@@H]1O. The Hall–Kier alpha value is -0.480. The van der Waals surface area contributed by atoms with Gasteiger partial charge in [0.25, 0.3) is 0 Å². The van der Waals surface area contributed by atoms with Gasteiger partial charge in [0, 0.05) is 14.2 Å². The van der Waals surface area contributed by atoms with Gasteiger partial charge < -0.3 is 54.7 Å². The van der Waals surface area contributed by atoms with Crippen LogP contribution < -0.4 is 0 Å². The van der Waals surface area contributed by atoms with Gasteiger partial charge in [-0.2, -0.15) is 0 Å². The Bertz CT molecular complexity index is 450. The zero-order chi connectivity index (χ0) is 19.6. The summed E-state index contributed by atoms with van der Waals surface area (Å²) in [4.78, 5) is 0. The van der Waals surface area contributed by atoms with Gasteiger partial charge in [-0.15, -0.1) is 0 Å². The lowest BCUT2D eigenvalue weighted by atomic mass is 9.99. The highest BCUT2D eigenvalue weighted by molar-refractivity contribution is 4.97. The molecule has 154 valence electrons. The lowest BCUT2D eigenvalue weighted by Crippen LogP contribution is -2.62. The lowest BCUT2D eigenvalue weighted by Gasteiger charge is -2.43. The Balaban J connectivity index is 2.25. The fraction of sp³-hybridized carbons (Fsp3) is 1.00. The van der Waals surface area contributed by atoms with Crippen molar-refractivity contribution in [3.05, 3.63) is 0 Å². The number of hydrogen-bond acceptors (Lipinski definition) is 12. The van der Waals surface area contributed by atoms with Crippen molar-refractivity contribution >= 4 is 0 Å². The van der Waals surface area contributed by atoms with E-state index in [1.54, 1.807) is 0 Å². The van der Waals surface area contributed by atoms with Gasteiger partial charge in [0.05, 0.1) is 13.2 Å². The molecule has 2 saturated heterocycles. The summed E-state index contributed by atoms with van der Waals surface area (Å²) < 4.78 is 26.4. The molecular weight excluding hydrogens is 360 g/mol. The molecule has 0 aromatic heterocycles. The van der Waals surface area contributed by atoms with Crippen molar-refractivity contribution in [2.24, 2.45) is 0 Å². The summed E-state index contributed by atoms with van der Waals surface area (Å²) in [7, 11) is 2.34. The molecule has 0 bridgehead atoms. The van der Waals surface area contributed by atoms with Crippen LogP contribution >= 0.6 is 0 Å². The van der Waals surface area contributed by atoms with E-state index in [-0.39, 0.29) is 0 Å². The molecule has 12 nitrogen and oxygen atoms in total. The molecule has 10 atom stereocenters. The maximum absolute atomic E-state index is 10.3. The predicted molar refractivity (Wildman–Crippen MR) is 79.4 cm³/mol. The Kier molecular flexibility index (Phi) is 7.29. The molecule has 2 heterocycles. The molecule has 7 N–H and O–H groups in total. The van der Waals surface area contributed by atoms with Crippen LogP contribution in [0.2, 0.25) is 0 Å². The number of methoxy groups -OCH3 is 2. The van der Waals surface area contributed by atoms with Crippen LogP contribution in [-0.2, 0) is 23.7 Å². The third kappa shape index (κ3) is 3.73. The van der Waals surface area contributed by atoms with Crippen LogP contribution in [0.4, 0.5) is 0 Å². The van der Waals surface area contributed by atoms with Crippen LogP contribution in [0.25, 0.3) is 0 Å². The van der Waals surface area contributed by atoms with Crippen LogP contribution in [0, 0.1) is 0 Å². The molecule has 0 spiro atoms. The molecule has 0 radical (unpaired) electrons. The van der Waals surface area contributed by atoms with Crippen molar-refractivity contribution in [1.29, 1.82) is 0 Å². The van der Waals surface area contributed by atoms with Gasteiger partial charge in [-0.1, -0.05) is 0 Å². The molecule has 0 unspecified atom stereocenters. The molecule has 2 rings (SSSR count). The second-order valence-corrected chi connectivity index (χ2v) is 6.10. The van der Waals surface area contributed by atoms with E-state index in [1.165, 1.54) is 7.11 Å². The first-order chi connectivity index (χ1) is 12.3. The molecule has 2 aliphatic rings. The molecule has 2 fully saturated rings. The van der Waals surface area contributed by atoms with Crippen LogP contribution in [-0.4, -0.2) is 124 Å². The minimum atomic E-state index is -2.18. The van der Waals surface area contributed by atoms with Crippen LogP contribution in [0.3, 0.4) is 0 Å². The van der Waals surface area contributed by atoms with E-state index in [2.05, 4.69) is 0 Å². The second kappa shape index (κ2) is 8.68. The van der Waals surface area contributed by atoms with Crippen molar-refractivity contribution in [2.45, 2.75) is 61.1 Å². The molecule has 0 aliphatic carbocycles. The average molecular weight is 386 g/mol. The topological polar surface area (TPSA) is 188 Å². The summed E-state index contributed by atoms with van der Waals surface area (Å²) in [5.74, 6) is -2.18. The Morgan fingerprint density at radius 1 is 1.00 bits per heavy atom. The first-order valence-electron chi connectivity index (χ1n) is 7.97. The Morgan fingerprint density at radius 3 is 2.15 bits per heavy atom. The number of hydrogen-bond donors (Lipinski definition) is 7. The van der Waals surface area contributed by atoms with Crippen LogP contribution in [0.15, 0.2) is 0 Å². The maximum Gasteiger partial charge on any atom is 0.316 e. The summed E-state index contributed by atoms with van der Waals surface area (Å²) >= 11 is 0. The highest BCUT2D eigenvalue weighted by Crippen LogP contribution is 2.39. The monoisotopic (exact) mass is 386 g/mol. The first kappa shape index (κ1) is 21.8. The predicted octanol–water partition coefficient (Wildman–Crippen LogP) is -4.77. The quantitative estimate of drug-likeness (QED) is 0.207. The fourth-order valence-electron chi connectivity index (χ4n) is 3.04. The molecule has 0 saturated carbocycles. The van der Waals surface area contributed by atoms with E-state index in [9.17, 15) is 30.6 Å². The number of aliphatic hydroxyl groups is 7. The summed E-state index contributed by atoms with van der Waals surface area (Å²) in [5, 5.41) is 68.2. The molecule has 0 aromatic rings. The first-order valence-corrected chi connectivity index (χ1v) is 7.97. The van der Waals surface area contributed by atoms with E-state index < -0.39 is 74.3 Å². The fourth-order valence-corrected chi connectivity index (χ4v) is 3.04. The summed E-state index contributed by atoms with van der Waals surface area (Å²) in [6, 6.07) is 0. The van der Waals surface area contributed by atoms with Crippen molar-refractivity contribution in [2.75, 3.05) is 27.4 Å². The third-order valence-corrected chi connectivity index (χ3v) is 4.53. The minimum absolute atomic E-state index is 0.673. The zero-order valence-electron chi connectivity index (χ0n) is 14.3. The van der Waals surface area contributed by atoms with Crippen molar-refractivity contribution in [3.8, 4) is 0 Å². The molecule has 2 aliphatic heterocycles. The van der Waals surface area contributed by atoms with E-state index >= 15 is 0 Å². The summed E-state index contributed by atoms with van der Waals surface area (Å²) in [5.41, 5.74) is 0. The molecule has 26 heavy (non-hydrogen) atoms. The third-order valence-electron chi connectivity index (χ3n) is 4.53. The van der Waals surface area contributed by atoms with E-state index in [0.717, 1.165) is 7.11 Å². The van der Waals surface area contributed by atoms with Gasteiger partial charge in [0.2, 0.25) is 0 Å². The lowest BCUT2D eigenvalue weighted by molar-refractivity contribution is -0.451. The summed E-state index contributed by atoms with van der Waals surface area (Å²) in [6.45, 7) is -1.40. The normalized spacial score (nSPS) is 47.9. The maximum atomic E-state index is 10.3. The van der Waals surface area contributed by atoms with Crippen LogP contribution in [0.5, 0.6) is 0 Å². The smallest absolute Gasteiger partial charge is 0.316 e. The number of rotatable bonds is 7. The molecule has 12 heteroatoms. The Labute approximate surface area is 149 Å². The van der Waals surface area contributed by atoms with Gasteiger partial charge in [0.15, 0.2) is 12.4 Å². The highest BCUT2D eigenvalue weighted by atomic mass is 16.9. The molecular formula is C14H26O12. The zero-order valence-corrected chi connectivity index (χ0v) is 14.3. The minimum Gasteiger partial charge on any atom is -0.394 e. The van der Waals surface area contributed by atoms with Gasteiger partial charge in [-0.25, -0.2) is 0 Å². The van der Waals surface area contributed by atoms with Gasteiger partial charge >= 0.3 is 5.97 Å². The number of ether oxygens (including phenoxy) is 5. The van der Waals surface area contributed by atoms with Crippen LogP contribution in [0.1, 0.15) is 0 Å². The number of aliphatic hydroxyl groups excluding tert-OH is 7. The van der Waals surface area contributed by atoms with E-state index in [0.29, 0.717) is 0 Å².